The molecule has 0 bridgehead atoms. The molecule has 0 spiro atoms. The van der Waals surface area contributed by atoms with Crippen LogP contribution in [0.4, 0.5) is 24.7 Å². The van der Waals surface area contributed by atoms with Gasteiger partial charge >= 0.3 is 12.1 Å². The summed E-state index contributed by atoms with van der Waals surface area (Å²) in [4.78, 5) is 20.1. The zero-order valence-electron chi connectivity index (χ0n) is 17.7. The van der Waals surface area contributed by atoms with Crippen molar-refractivity contribution in [1.82, 2.24) is 14.5 Å². The monoisotopic (exact) mass is 490 g/mol. The summed E-state index contributed by atoms with van der Waals surface area (Å²) in [6.45, 7) is 1.77. The van der Waals surface area contributed by atoms with Crippen molar-refractivity contribution in [3.63, 3.8) is 0 Å². The van der Waals surface area contributed by atoms with E-state index in [1.807, 2.05) is 0 Å². The molecule has 0 aliphatic heterocycles. The number of carboxylic acids is 1. The molecule has 0 aliphatic rings. The van der Waals surface area contributed by atoms with Gasteiger partial charge in [-0.3, -0.25) is 0 Å². The van der Waals surface area contributed by atoms with Crippen molar-refractivity contribution < 1.29 is 27.8 Å². The van der Waals surface area contributed by atoms with Crippen molar-refractivity contribution in [3.8, 4) is 11.5 Å². The lowest BCUT2D eigenvalue weighted by Gasteiger charge is -2.16. The maximum atomic E-state index is 12.9. The summed E-state index contributed by atoms with van der Waals surface area (Å²) in [5.41, 5.74) is 0.754. The van der Waals surface area contributed by atoms with E-state index in [0.717, 1.165) is 12.1 Å². The summed E-state index contributed by atoms with van der Waals surface area (Å²) >= 11 is 6.32. The zero-order valence-corrected chi connectivity index (χ0v) is 18.4. The Balaban J connectivity index is 1.61. The second kappa shape index (κ2) is 9.22. The number of ether oxygens (including phenoxy) is 1. The van der Waals surface area contributed by atoms with Crippen LogP contribution in [-0.4, -0.2) is 25.6 Å². The highest BCUT2D eigenvalue weighted by Gasteiger charge is 2.30. The van der Waals surface area contributed by atoms with Crippen LogP contribution in [0.3, 0.4) is 0 Å². The number of hydrogen-bond donors (Lipinski definition) is 2. The number of nitrogens with zero attached hydrogens (tertiary/aromatic N) is 3. The first kappa shape index (κ1) is 23.4. The molecule has 2 aromatic heterocycles. The highest BCUT2D eigenvalue weighted by atomic mass is 35.5. The van der Waals surface area contributed by atoms with Crippen molar-refractivity contribution in [3.05, 3.63) is 71.6 Å². The first-order valence-electron chi connectivity index (χ1n) is 10.1. The van der Waals surface area contributed by atoms with E-state index in [2.05, 4.69) is 15.3 Å². The Kier molecular flexibility index (Phi) is 6.34. The van der Waals surface area contributed by atoms with E-state index >= 15 is 0 Å². The molecule has 1 unspecified atom stereocenters. The molecule has 7 nitrogen and oxygen atoms in total. The second-order valence-corrected chi connectivity index (χ2v) is 7.75. The summed E-state index contributed by atoms with van der Waals surface area (Å²) in [5, 5.41) is 12.8. The average molecular weight is 491 g/mol. The second-order valence-electron chi connectivity index (χ2n) is 7.34. The Hall–Kier alpha value is -3.79. The van der Waals surface area contributed by atoms with Crippen LogP contribution in [0.1, 0.15) is 24.9 Å². The van der Waals surface area contributed by atoms with Gasteiger partial charge in [0.25, 0.3) is 0 Å². The third-order valence-electron chi connectivity index (χ3n) is 5.09. The molecule has 0 saturated heterocycles. The molecule has 2 N–H and O–H groups in total. The molecule has 0 saturated carbocycles. The minimum atomic E-state index is -4.49. The molecule has 0 fully saturated rings. The number of alkyl halides is 3. The maximum absolute atomic E-state index is 12.9. The normalized spacial score (nSPS) is 12.5. The van der Waals surface area contributed by atoms with Crippen LogP contribution in [-0.2, 0) is 11.0 Å². The minimum absolute atomic E-state index is 0.00736. The van der Waals surface area contributed by atoms with Gasteiger partial charge in [0.15, 0.2) is 5.82 Å². The number of fused-ring (bicyclic) bond motifs is 1. The number of aromatic nitrogens is 3. The number of carbonyl (C=O) groups is 1. The number of anilines is 2. The van der Waals surface area contributed by atoms with E-state index in [0.29, 0.717) is 29.0 Å². The number of halogens is 4. The largest absolute Gasteiger partial charge is 0.480 e. The molecular formula is C23H18ClF3N4O3. The van der Waals surface area contributed by atoms with Crippen LogP contribution in [0.25, 0.3) is 11.0 Å². The third kappa shape index (κ3) is 4.76. The third-order valence-corrected chi connectivity index (χ3v) is 5.39. The van der Waals surface area contributed by atoms with Crippen LogP contribution in [0.2, 0.25) is 5.02 Å². The summed E-state index contributed by atoms with van der Waals surface area (Å²) in [6.07, 6.45) is -1.13. The fraction of sp³-hybridized carbons (Fsp3) is 0.174. The van der Waals surface area contributed by atoms with Crippen molar-refractivity contribution in [1.29, 1.82) is 0 Å². The first-order chi connectivity index (χ1) is 16.2. The Morgan fingerprint density at radius 3 is 2.68 bits per heavy atom. The Bertz CT molecular complexity index is 1360. The van der Waals surface area contributed by atoms with Crippen molar-refractivity contribution in [2.24, 2.45) is 0 Å². The van der Waals surface area contributed by atoms with E-state index in [-0.39, 0.29) is 16.5 Å². The average Bonchev–Trinajstić information content (AvgIpc) is 3.20. The van der Waals surface area contributed by atoms with Gasteiger partial charge in [0.1, 0.15) is 29.4 Å². The molecule has 34 heavy (non-hydrogen) atoms. The highest BCUT2D eigenvalue weighted by molar-refractivity contribution is 6.32. The molecule has 1 atom stereocenters. The summed E-state index contributed by atoms with van der Waals surface area (Å²) in [6, 6.07) is 10.0. The zero-order chi connectivity index (χ0) is 24.5. The van der Waals surface area contributed by atoms with Crippen LogP contribution >= 0.6 is 11.6 Å². The SMILES string of the molecule is CCC(C(=O)O)n1ccc2ncnc(Nc3ccc(Oc4cccc(C(F)(F)F)c4)c(Cl)c3)c21. The van der Waals surface area contributed by atoms with Gasteiger partial charge < -0.3 is 19.7 Å². The smallest absolute Gasteiger partial charge is 0.416 e. The van der Waals surface area contributed by atoms with Gasteiger partial charge in [-0.15, -0.1) is 0 Å². The van der Waals surface area contributed by atoms with Crippen LogP contribution < -0.4 is 10.1 Å². The fourth-order valence-corrected chi connectivity index (χ4v) is 3.72. The lowest BCUT2D eigenvalue weighted by atomic mass is 10.2. The maximum Gasteiger partial charge on any atom is 0.416 e. The number of hydrogen-bond acceptors (Lipinski definition) is 5. The fourth-order valence-electron chi connectivity index (χ4n) is 3.50. The predicted octanol–water partition coefficient (Wildman–Crippen LogP) is 6.68. The van der Waals surface area contributed by atoms with Crippen LogP contribution in [0.5, 0.6) is 11.5 Å². The van der Waals surface area contributed by atoms with Crippen molar-refractivity contribution in [2.45, 2.75) is 25.6 Å². The standard InChI is InChI=1S/C23H18ClF3N4O3/c1-2-18(22(32)33)31-9-8-17-20(31)21(29-12-28-17)30-14-6-7-19(16(24)11-14)34-15-5-3-4-13(10-15)23(25,26)27/h3-12,18H,2H2,1H3,(H,32,33)(H,28,29,30). The van der Waals surface area contributed by atoms with Gasteiger partial charge in [-0.25, -0.2) is 14.8 Å². The van der Waals surface area contributed by atoms with E-state index in [1.165, 1.54) is 30.6 Å². The molecule has 4 rings (SSSR count). The summed E-state index contributed by atoms with van der Waals surface area (Å²) < 4.78 is 46.0. The highest BCUT2D eigenvalue weighted by Crippen LogP contribution is 2.36. The molecule has 11 heteroatoms. The Morgan fingerprint density at radius 2 is 2.00 bits per heavy atom. The van der Waals surface area contributed by atoms with E-state index in [1.54, 1.807) is 29.8 Å². The van der Waals surface area contributed by atoms with Gasteiger partial charge in [-0.1, -0.05) is 24.6 Å². The summed E-state index contributed by atoms with van der Waals surface area (Å²) in [5.74, 6) is -0.446. The Labute approximate surface area is 196 Å². The molecule has 0 radical (unpaired) electrons. The number of carboxylic acid groups (broad SMARTS) is 1. The Morgan fingerprint density at radius 1 is 1.21 bits per heavy atom. The van der Waals surface area contributed by atoms with Gasteiger partial charge in [0, 0.05) is 11.9 Å². The molecule has 4 aromatic rings. The topological polar surface area (TPSA) is 89.3 Å². The lowest BCUT2D eigenvalue weighted by molar-refractivity contribution is -0.141. The van der Waals surface area contributed by atoms with Gasteiger partial charge in [-0.05, 0) is 48.9 Å². The van der Waals surface area contributed by atoms with Crippen molar-refractivity contribution in [2.75, 3.05) is 5.32 Å². The first-order valence-corrected chi connectivity index (χ1v) is 10.5. The number of nitrogens with one attached hydrogen (secondary N) is 1. The molecular weight excluding hydrogens is 473 g/mol. The van der Waals surface area contributed by atoms with Gasteiger partial charge in [-0.2, -0.15) is 13.2 Å². The molecule has 0 amide bonds. The number of benzene rings is 2. The van der Waals surface area contributed by atoms with Gasteiger partial charge in [0.2, 0.25) is 0 Å². The minimum Gasteiger partial charge on any atom is -0.480 e. The quantitative estimate of drug-likeness (QED) is 0.300. The molecule has 0 aliphatic carbocycles. The molecule has 2 heterocycles. The van der Waals surface area contributed by atoms with E-state index in [9.17, 15) is 23.1 Å². The van der Waals surface area contributed by atoms with Gasteiger partial charge in [0.05, 0.1) is 16.1 Å². The predicted molar refractivity (Wildman–Crippen MR) is 121 cm³/mol. The van der Waals surface area contributed by atoms with E-state index in [4.69, 9.17) is 16.3 Å². The lowest BCUT2D eigenvalue weighted by Crippen LogP contribution is -2.18. The van der Waals surface area contributed by atoms with Crippen molar-refractivity contribution >= 4 is 40.1 Å². The number of aliphatic carboxylic acids is 1. The molecule has 176 valence electrons. The number of rotatable bonds is 7. The van der Waals surface area contributed by atoms with Crippen LogP contribution in [0, 0.1) is 0 Å². The summed E-state index contributed by atoms with van der Waals surface area (Å²) in [7, 11) is 0. The molecule has 2 aromatic carbocycles. The van der Waals surface area contributed by atoms with Crippen LogP contribution in [0.15, 0.2) is 61.1 Å². The van der Waals surface area contributed by atoms with E-state index < -0.39 is 23.8 Å².